The van der Waals surface area contributed by atoms with E-state index in [9.17, 15) is 38.4 Å². The average molecular weight is 1010 g/mol. The number of nitrogens with one attached hydrogen (secondary N) is 6. The smallest absolute Gasteiger partial charge is 0.246 e. The lowest BCUT2D eigenvalue weighted by Crippen LogP contribution is -2.61. The first-order chi connectivity index (χ1) is 33.6. The SMILES string of the molecule is CCOc1ccc(C[C@H]2NC(=O)CC3(CCCCC3)SCSC[C@H](C(=O)N3CCC[C@H]3C(=O)NCCCCN)NC(=O)[C@@H](CC(N)=O)NC(=O)[C@H](C(C)C)NC(=O)[C@@H](Cc3ccccc3)NC2=O)cc1. The first-order valence-electron chi connectivity index (χ1n) is 24.7. The summed E-state index contributed by atoms with van der Waals surface area (Å²) in [5.41, 5.74) is 12.7. The first-order valence-corrected chi connectivity index (χ1v) is 26.8. The van der Waals surface area contributed by atoms with Gasteiger partial charge < -0.3 is 53.0 Å². The van der Waals surface area contributed by atoms with E-state index in [1.807, 2.05) is 25.1 Å². The highest BCUT2D eigenvalue weighted by Crippen LogP contribution is 2.44. The molecule has 70 heavy (non-hydrogen) atoms. The van der Waals surface area contributed by atoms with Crippen molar-refractivity contribution in [2.45, 2.75) is 145 Å². The van der Waals surface area contributed by atoms with Gasteiger partial charge in [-0.3, -0.25) is 38.4 Å². The van der Waals surface area contributed by atoms with Crippen LogP contribution in [0.5, 0.6) is 5.75 Å². The molecule has 1 saturated carbocycles. The molecule has 3 aliphatic rings. The minimum atomic E-state index is -1.54. The van der Waals surface area contributed by atoms with Gasteiger partial charge in [-0.05, 0) is 81.2 Å². The Bertz CT molecular complexity index is 2090. The van der Waals surface area contributed by atoms with Crippen LogP contribution < -0.4 is 48.1 Å². The molecule has 1 aliphatic carbocycles. The van der Waals surface area contributed by atoms with Gasteiger partial charge >= 0.3 is 0 Å². The van der Waals surface area contributed by atoms with Crippen molar-refractivity contribution in [2.75, 3.05) is 37.1 Å². The Labute approximate surface area is 420 Å². The van der Waals surface area contributed by atoms with Crippen molar-refractivity contribution in [1.82, 2.24) is 36.8 Å². The highest BCUT2D eigenvalue weighted by molar-refractivity contribution is 8.16. The molecule has 2 saturated heterocycles. The van der Waals surface area contributed by atoms with Gasteiger partial charge in [0.25, 0.3) is 0 Å². The summed E-state index contributed by atoms with van der Waals surface area (Å²) in [6, 6.07) is 9.17. The molecule has 0 radical (unpaired) electrons. The maximum Gasteiger partial charge on any atom is 0.246 e. The number of nitrogens with two attached hydrogens (primary N) is 2. The van der Waals surface area contributed by atoms with E-state index in [0.29, 0.717) is 55.4 Å². The highest BCUT2D eigenvalue weighted by Gasteiger charge is 2.41. The normalized spacial score (nSPS) is 24.3. The summed E-state index contributed by atoms with van der Waals surface area (Å²) in [5.74, 6) is -4.85. The molecule has 2 aliphatic heterocycles. The maximum absolute atomic E-state index is 14.6. The Kier molecular flexibility index (Phi) is 22.2. The summed E-state index contributed by atoms with van der Waals surface area (Å²) in [7, 11) is 0. The largest absolute Gasteiger partial charge is 0.494 e. The number of nitrogens with zero attached hydrogens (tertiary/aromatic N) is 1. The topological polar surface area (TPSA) is 273 Å². The van der Waals surface area contributed by atoms with Crippen LogP contribution in [-0.2, 0) is 51.2 Å². The number of rotatable bonds is 15. The fourth-order valence-electron chi connectivity index (χ4n) is 9.11. The lowest BCUT2D eigenvalue weighted by atomic mass is 9.85. The molecule has 1 spiro atoms. The van der Waals surface area contributed by atoms with Gasteiger partial charge in [-0.15, -0.1) is 23.5 Å². The molecule has 5 rings (SSSR count). The van der Waals surface area contributed by atoms with Crippen molar-refractivity contribution >= 4 is 70.8 Å². The van der Waals surface area contributed by atoms with Crippen molar-refractivity contribution in [3.63, 3.8) is 0 Å². The minimum absolute atomic E-state index is 0.0297. The number of hydrogen-bond acceptors (Lipinski definition) is 12. The molecule has 3 fully saturated rings. The third-order valence-corrected chi connectivity index (χ3v) is 15.8. The fraction of sp³-hybridized carbons (Fsp3) is 0.600. The van der Waals surface area contributed by atoms with Crippen molar-refractivity contribution in [3.8, 4) is 5.75 Å². The summed E-state index contributed by atoms with van der Waals surface area (Å²) in [6.45, 7) is 6.89. The molecule has 2 heterocycles. The quantitative estimate of drug-likeness (QED) is 0.119. The zero-order valence-electron chi connectivity index (χ0n) is 40.8. The molecule has 2 aromatic rings. The predicted molar refractivity (Wildman–Crippen MR) is 271 cm³/mol. The van der Waals surface area contributed by atoms with Crippen molar-refractivity contribution in [3.05, 3.63) is 65.7 Å². The fourth-order valence-corrected chi connectivity index (χ4v) is 12.1. The molecular formula is C50H73N9O9S2. The molecule has 10 N–H and O–H groups in total. The number of thioether (sulfide) groups is 2. The Balaban J connectivity index is 1.51. The standard InChI is InChI=1S/C50H73N9O9S2/c1-4-68-35-19-17-34(18-20-35)27-36-44(62)55-37(26-33-14-7-5-8-15-33)46(64)58-43(32(2)3)48(66)56-38(28-41(52)60)45(63)57-39(30-69-31-70-50(29-42(61)54-36)21-9-6-10-22-50)49(67)59-25-13-16-40(59)47(65)53-24-12-11-23-51/h5,7-8,14-15,17-20,32,36-40,43H,4,6,9-13,16,21-31,51H2,1-3H3,(H2,52,60)(H,53,65)(H,54,61)(H,55,62)(H,56,66)(H,57,63)(H,58,64)/t36-,37-,38-,39-,40+,43+/m1/s1. The zero-order valence-corrected chi connectivity index (χ0v) is 42.4. The third-order valence-electron chi connectivity index (χ3n) is 12.9. The van der Waals surface area contributed by atoms with Crippen LogP contribution in [0.2, 0.25) is 0 Å². The number of carbonyl (C=O) groups excluding carboxylic acids is 8. The van der Waals surface area contributed by atoms with E-state index in [0.717, 1.165) is 44.1 Å². The van der Waals surface area contributed by atoms with Crippen LogP contribution in [0.3, 0.4) is 0 Å². The van der Waals surface area contributed by atoms with E-state index in [1.54, 1.807) is 62.0 Å². The number of ether oxygens (including phenoxy) is 1. The number of primary amides is 1. The minimum Gasteiger partial charge on any atom is -0.494 e. The molecule has 6 atom stereocenters. The van der Waals surface area contributed by atoms with Gasteiger partial charge in [-0.1, -0.05) is 75.6 Å². The molecule has 384 valence electrons. The van der Waals surface area contributed by atoms with E-state index in [1.165, 1.54) is 16.7 Å². The Morgan fingerprint density at radius 1 is 0.800 bits per heavy atom. The van der Waals surface area contributed by atoms with E-state index >= 15 is 0 Å². The van der Waals surface area contributed by atoms with Crippen LogP contribution in [0.4, 0.5) is 0 Å². The second-order valence-corrected chi connectivity index (χ2v) is 21.5. The van der Waals surface area contributed by atoms with Gasteiger partial charge in [0.05, 0.1) is 13.0 Å². The zero-order chi connectivity index (χ0) is 50.6. The van der Waals surface area contributed by atoms with Crippen molar-refractivity contribution in [2.24, 2.45) is 17.4 Å². The van der Waals surface area contributed by atoms with Crippen LogP contribution in [0.25, 0.3) is 0 Å². The van der Waals surface area contributed by atoms with E-state index in [2.05, 4.69) is 31.9 Å². The lowest BCUT2D eigenvalue weighted by molar-refractivity contribution is -0.141. The van der Waals surface area contributed by atoms with E-state index in [-0.39, 0.29) is 43.4 Å². The average Bonchev–Trinajstić information content (AvgIpc) is 3.83. The van der Waals surface area contributed by atoms with Crippen LogP contribution in [0, 0.1) is 5.92 Å². The Morgan fingerprint density at radius 3 is 2.10 bits per heavy atom. The van der Waals surface area contributed by atoms with Gasteiger partial charge in [-0.25, -0.2) is 0 Å². The van der Waals surface area contributed by atoms with Crippen LogP contribution in [0.15, 0.2) is 54.6 Å². The number of unbranched alkanes of at least 4 members (excludes halogenated alkanes) is 1. The second kappa shape index (κ2) is 27.9. The molecular weight excluding hydrogens is 935 g/mol. The van der Waals surface area contributed by atoms with Gasteiger partial charge in [0.1, 0.15) is 42.0 Å². The summed E-state index contributed by atoms with van der Waals surface area (Å²) in [6.07, 6.45) is 6.28. The summed E-state index contributed by atoms with van der Waals surface area (Å²) < 4.78 is 5.13. The summed E-state index contributed by atoms with van der Waals surface area (Å²) in [5, 5.41) is 17.5. The number of benzene rings is 2. The van der Waals surface area contributed by atoms with E-state index < -0.39 is 88.8 Å². The summed E-state index contributed by atoms with van der Waals surface area (Å²) >= 11 is 2.98. The second-order valence-electron chi connectivity index (χ2n) is 18.7. The maximum atomic E-state index is 14.6. The van der Waals surface area contributed by atoms with Gasteiger partial charge in [-0.2, -0.15) is 0 Å². The summed E-state index contributed by atoms with van der Waals surface area (Å²) in [4.78, 5) is 114. The molecule has 18 nitrogen and oxygen atoms in total. The Morgan fingerprint density at radius 2 is 1.44 bits per heavy atom. The molecule has 0 bridgehead atoms. The molecule has 0 unspecified atom stereocenters. The molecule has 2 aromatic carbocycles. The monoisotopic (exact) mass is 1010 g/mol. The van der Waals surface area contributed by atoms with Gasteiger partial charge in [0.2, 0.25) is 47.3 Å². The predicted octanol–water partition coefficient (Wildman–Crippen LogP) is 2.20. The van der Waals surface area contributed by atoms with Crippen molar-refractivity contribution in [1.29, 1.82) is 0 Å². The van der Waals surface area contributed by atoms with Crippen LogP contribution in [-0.4, -0.2) is 130 Å². The molecule has 20 heteroatoms. The number of carbonyl (C=O) groups is 8. The molecule has 0 aromatic heterocycles. The third kappa shape index (κ3) is 16.9. The van der Waals surface area contributed by atoms with Crippen LogP contribution >= 0.6 is 23.5 Å². The lowest BCUT2D eigenvalue weighted by Gasteiger charge is -2.37. The highest BCUT2D eigenvalue weighted by atomic mass is 32.2. The van der Waals surface area contributed by atoms with Gasteiger partial charge in [0.15, 0.2) is 0 Å². The Hall–Kier alpha value is -5.34. The number of likely N-dealkylation sites (tertiary alicyclic amines) is 1. The van der Waals surface area contributed by atoms with E-state index in [4.69, 9.17) is 16.2 Å². The van der Waals surface area contributed by atoms with Crippen LogP contribution in [0.1, 0.15) is 103 Å². The van der Waals surface area contributed by atoms with Crippen molar-refractivity contribution < 1.29 is 43.1 Å². The van der Waals surface area contributed by atoms with Gasteiger partial charge in [0, 0.05) is 47.9 Å². The first kappa shape index (κ1) is 55.6. The number of amides is 8. The number of hydrogen-bond donors (Lipinski definition) is 8. The molecule has 8 amide bonds.